The molecule has 0 spiro atoms. The summed E-state index contributed by atoms with van der Waals surface area (Å²) in [5.41, 5.74) is 3.59. The van der Waals surface area contributed by atoms with E-state index >= 15 is 0 Å². The molecular weight excluding hydrogens is 96.1 g/mol. The largest absolute Gasteiger partial charge is 0.0804 e. The Labute approximate surface area is 48.9 Å². The van der Waals surface area contributed by atoms with E-state index in [0.717, 1.165) is 11.8 Å². The van der Waals surface area contributed by atoms with Gasteiger partial charge in [-0.15, -0.1) is 0 Å². The zero-order chi connectivity index (χ0) is 5.14. The SMILES string of the molecule is C1=CC2C3=C2C1CC3. The van der Waals surface area contributed by atoms with Gasteiger partial charge in [0.1, 0.15) is 0 Å². The van der Waals surface area contributed by atoms with Crippen LogP contribution in [0.15, 0.2) is 23.3 Å². The first-order chi connectivity index (χ1) is 3.97. The second-order valence-corrected chi connectivity index (χ2v) is 2.99. The van der Waals surface area contributed by atoms with E-state index in [-0.39, 0.29) is 0 Å². The molecule has 3 aliphatic rings. The van der Waals surface area contributed by atoms with Gasteiger partial charge in [0, 0.05) is 5.92 Å². The number of hydrogen-bond acceptors (Lipinski definition) is 0. The Kier molecular flexibility index (Phi) is 0.355. The van der Waals surface area contributed by atoms with Crippen LogP contribution in [0.3, 0.4) is 0 Å². The van der Waals surface area contributed by atoms with Gasteiger partial charge in [-0.3, -0.25) is 0 Å². The Balaban J connectivity index is 2.20. The maximum Gasteiger partial charge on any atom is 0.0199 e. The summed E-state index contributed by atoms with van der Waals surface area (Å²) in [4.78, 5) is 0. The molecule has 2 unspecified atom stereocenters. The molecule has 0 fully saturated rings. The van der Waals surface area contributed by atoms with Crippen LogP contribution in [0, 0.1) is 11.8 Å². The van der Waals surface area contributed by atoms with Crippen molar-refractivity contribution in [2.45, 2.75) is 12.8 Å². The van der Waals surface area contributed by atoms with Crippen LogP contribution in [0.4, 0.5) is 0 Å². The van der Waals surface area contributed by atoms with Crippen molar-refractivity contribution in [1.29, 1.82) is 0 Å². The second-order valence-electron chi connectivity index (χ2n) is 2.99. The van der Waals surface area contributed by atoms with Gasteiger partial charge >= 0.3 is 0 Å². The Morgan fingerprint density at radius 3 is 3.00 bits per heavy atom. The molecule has 0 aliphatic heterocycles. The predicted octanol–water partition coefficient (Wildman–Crippen LogP) is 1.89. The Bertz CT molecular complexity index is 208. The summed E-state index contributed by atoms with van der Waals surface area (Å²) < 4.78 is 0. The van der Waals surface area contributed by atoms with Gasteiger partial charge in [-0.05, 0) is 18.8 Å². The van der Waals surface area contributed by atoms with Crippen molar-refractivity contribution in [1.82, 2.24) is 0 Å². The van der Waals surface area contributed by atoms with Gasteiger partial charge in [0.05, 0.1) is 0 Å². The zero-order valence-electron chi connectivity index (χ0n) is 4.72. The highest BCUT2D eigenvalue weighted by atomic mass is 14.5. The maximum absolute atomic E-state index is 2.39. The first-order valence-corrected chi connectivity index (χ1v) is 3.38. The third kappa shape index (κ3) is 0.199. The fraction of sp³-hybridized carbons (Fsp3) is 0.500. The number of rotatable bonds is 0. The van der Waals surface area contributed by atoms with Crippen molar-refractivity contribution in [2.24, 2.45) is 11.8 Å². The smallest absolute Gasteiger partial charge is 0.0199 e. The lowest BCUT2D eigenvalue weighted by Gasteiger charge is -1.99. The fourth-order valence-electron chi connectivity index (χ4n) is 2.21. The van der Waals surface area contributed by atoms with Gasteiger partial charge in [0.25, 0.3) is 0 Å². The molecule has 40 valence electrons. The molecule has 0 radical (unpaired) electrons. The average molecular weight is 104 g/mol. The van der Waals surface area contributed by atoms with E-state index in [1.54, 1.807) is 11.1 Å². The highest BCUT2D eigenvalue weighted by Gasteiger charge is 2.46. The lowest BCUT2D eigenvalue weighted by atomic mass is 10.0. The van der Waals surface area contributed by atoms with Crippen LogP contribution in [0.5, 0.6) is 0 Å². The molecular formula is C8H8. The fourth-order valence-corrected chi connectivity index (χ4v) is 2.21. The van der Waals surface area contributed by atoms with Crippen LogP contribution in [-0.2, 0) is 0 Å². The summed E-state index contributed by atoms with van der Waals surface area (Å²) >= 11 is 0. The Morgan fingerprint density at radius 1 is 1.38 bits per heavy atom. The first kappa shape index (κ1) is 3.49. The average Bonchev–Trinajstić information content (AvgIpc) is 2.11. The van der Waals surface area contributed by atoms with Gasteiger partial charge in [-0.25, -0.2) is 0 Å². The minimum absolute atomic E-state index is 0.897. The number of fused-ring (bicyclic) bond motifs is 1. The third-order valence-corrected chi connectivity index (χ3v) is 2.66. The van der Waals surface area contributed by atoms with Crippen molar-refractivity contribution in [2.75, 3.05) is 0 Å². The molecule has 0 aromatic heterocycles. The van der Waals surface area contributed by atoms with Crippen LogP contribution in [0.25, 0.3) is 0 Å². The van der Waals surface area contributed by atoms with Gasteiger partial charge in [-0.2, -0.15) is 0 Å². The summed E-state index contributed by atoms with van der Waals surface area (Å²) in [6.07, 6.45) is 7.61. The van der Waals surface area contributed by atoms with Crippen molar-refractivity contribution >= 4 is 0 Å². The van der Waals surface area contributed by atoms with Crippen LogP contribution < -0.4 is 0 Å². The molecule has 0 amide bonds. The molecule has 3 rings (SSSR count). The maximum atomic E-state index is 2.39. The van der Waals surface area contributed by atoms with Crippen molar-refractivity contribution < 1.29 is 0 Å². The van der Waals surface area contributed by atoms with Gasteiger partial charge in [0.2, 0.25) is 0 Å². The molecule has 0 heterocycles. The molecule has 0 aromatic rings. The molecule has 3 aliphatic carbocycles. The lowest BCUT2D eigenvalue weighted by molar-refractivity contribution is 0.704. The minimum atomic E-state index is 0.897. The normalized spacial score (nSPS) is 46.0. The Hall–Kier alpha value is -0.520. The zero-order valence-corrected chi connectivity index (χ0v) is 4.72. The number of allylic oxidation sites excluding steroid dienone is 4. The summed E-state index contributed by atoms with van der Waals surface area (Å²) in [7, 11) is 0. The molecule has 0 heteroatoms. The molecule has 0 saturated carbocycles. The van der Waals surface area contributed by atoms with Gasteiger partial charge < -0.3 is 0 Å². The molecule has 0 bridgehead atoms. The molecule has 2 atom stereocenters. The summed E-state index contributed by atoms with van der Waals surface area (Å²) in [6.45, 7) is 0. The van der Waals surface area contributed by atoms with E-state index in [2.05, 4.69) is 12.2 Å². The topological polar surface area (TPSA) is 0 Å². The predicted molar refractivity (Wildman–Crippen MR) is 32.4 cm³/mol. The van der Waals surface area contributed by atoms with Crippen LogP contribution in [-0.4, -0.2) is 0 Å². The third-order valence-electron chi connectivity index (χ3n) is 2.66. The number of hydrogen-bond donors (Lipinski definition) is 0. The highest BCUT2D eigenvalue weighted by molar-refractivity contribution is 5.56. The second kappa shape index (κ2) is 0.812. The van der Waals surface area contributed by atoms with E-state index in [1.807, 2.05) is 0 Å². The molecule has 0 saturated heterocycles. The van der Waals surface area contributed by atoms with Gasteiger partial charge in [-0.1, -0.05) is 23.3 Å². The molecule has 0 N–H and O–H groups in total. The molecule has 8 heavy (non-hydrogen) atoms. The Morgan fingerprint density at radius 2 is 2.38 bits per heavy atom. The van der Waals surface area contributed by atoms with Crippen LogP contribution in [0.1, 0.15) is 12.8 Å². The van der Waals surface area contributed by atoms with Crippen molar-refractivity contribution in [3.05, 3.63) is 23.3 Å². The first-order valence-electron chi connectivity index (χ1n) is 3.38. The molecule has 0 aromatic carbocycles. The van der Waals surface area contributed by atoms with E-state index in [0.29, 0.717) is 0 Å². The van der Waals surface area contributed by atoms with Crippen LogP contribution in [0.2, 0.25) is 0 Å². The van der Waals surface area contributed by atoms with E-state index in [1.165, 1.54) is 12.8 Å². The quantitative estimate of drug-likeness (QED) is 0.412. The molecule has 0 nitrogen and oxygen atoms in total. The van der Waals surface area contributed by atoms with E-state index < -0.39 is 0 Å². The monoisotopic (exact) mass is 104 g/mol. The van der Waals surface area contributed by atoms with Gasteiger partial charge in [0.15, 0.2) is 0 Å². The van der Waals surface area contributed by atoms with Crippen molar-refractivity contribution in [3.63, 3.8) is 0 Å². The summed E-state index contributed by atoms with van der Waals surface area (Å²) in [5, 5.41) is 0. The summed E-state index contributed by atoms with van der Waals surface area (Å²) in [5.74, 6) is 1.81. The van der Waals surface area contributed by atoms with E-state index in [4.69, 9.17) is 0 Å². The standard InChI is InChI=1S/C8H8/c1-3-6-7-4-2-5(1)8(6)7/h1,3,5-6H,2,4H2. The van der Waals surface area contributed by atoms with Crippen LogP contribution >= 0.6 is 0 Å². The van der Waals surface area contributed by atoms with E-state index in [9.17, 15) is 0 Å². The summed E-state index contributed by atoms with van der Waals surface area (Å²) in [6, 6.07) is 0. The van der Waals surface area contributed by atoms with Crippen molar-refractivity contribution in [3.8, 4) is 0 Å². The minimum Gasteiger partial charge on any atom is -0.0804 e. The lowest BCUT2D eigenvalue weighted by Crippen LogP contribution is -1.88. The highest BCUT2D eigenvalue weighted by Crippen LogP contribution is 2.59.